The zero-order chi connectivity index (χ0) is 14.1. The molecule has 2 aromatic rings. The summed E-state index contributed by atoms with van der Waals surface area (Å²) >= 11 is 3.49. The SMILES string of the molecule is Nc1cnc2ccc(Br)cc2c1N[C@H]1CC[C@@H](O)CC1. The maximum absolute atomic E-state index is 9.59. The van der Waals surface area contributed by atoms with Crippen LogP contribution >= 0.6 is 15.9 Å². The molecule has 0 bridgehead atoms. The number of fused-ring (bicyclic) bond motifs is 1. The minimum Gasteiger partial charge on any atom is -0.396 e. The maximum atomic E-state index is 9.59. The molecule has 106 valence electrons. The predicted octanol–water partition coefficient (Wildman–Crippen LogP) is 3.29. The molecule has 1 saturated carbocycles. The van der Waals surface area contributed by atoms with Gasteiger partial charge in [-0.1, -0.05) is 15.9 Å². The van der Waals surface area contributed by atoms with Gasteiger partial charge in [0.2, 0.25) is 0 Å². The summed E-state index contributed by atoms with van der Waals surface area (Å²) < 4.78 is 1.01. The van der Waals surface area contributed by atoms with Gasteiger partial charge in [0.15, 0.2) is 0 Å². The molecule has 0 amide bonds. The van der Waals surface area contributed by atoms with Crippen molar-refractivity contribution >= 4 is 38.2 Å². The molecule has 4 nitrogen and oxygen atoms in total. The number of aliphatic hydroxyl groups is 1. The lowest BCUT2D eigenvalue weighted by Gasteiger charge is -2.28. The number of nitrogens with two attached hydrogens (primary N) is 1. The van der Waals surface area contributed by atoms with E-state index in [1.165, 1.54) is 0 Å². The number of pyridine rings is 1. The Morgan fingerprint density at radius 3 is 2.75 bits per heavy atom. The van der Waals surface area contributed by atoms with Crippen molar-refractivity contribution in [2.45, 2.75) is 37.8 Å². The summed E-state index contributed by atoms with van der Waals surface area (Å²) in [5.74, 6) is 0. The fourth-order valence-corrected chi connectivity index (χ4v) is 3.13. The second-order valence-electron chi connectivity index (χ2n) is 5.40. The monoisotopic (exact) mass is 335 g/mol. The lowest BCUT2D eigenvalue weighted by atomic mass is 9.93. The zero-order valence-electron chi connectivity index (χ0n) is 11.1. The Morgan fingerprint density at radius 1 is 1.25 bits per heavy atom. The minimum atomic E-state index is -0.145. The first-order valence-corrected chi connectivity index (χ1v) is 7.71. The molecule has 1 aromatic heterocycles. The van der Waals surface area contributed by atoms with Crippen molar-refractivity contribution in [3.63, 3.8) is 0 Å². The molecule has 4 N–H and O–H groups in total. The fraction of sp³-hybridized carbons (Fsp3) is 0.400. The summed E-state index contributed by atoms with van der Waals surface area (Å²) in [7, 11) is 0. The summed E-state index contributed by atoms with van der Waals surface area (Å²) in [6, 6.07) is 6.37. The molecule has 0 saturated heterocycles. The van der Waals surface area contributed by atoms with E-state index in [2.05, 4.69) is 26.2 Å². The number of aliphatic hydroxyl groups excluding tert-OH is 1. The molecule has 5 heteroatoms. The maximum Gasteiger partial charge on any atom is 0.0743 e. The number of anilines is 2. The Bertz CT molecular complexity index is 619. The summed E-state index contributed by atoms with van der Waals surface area (Å²) in [6.45, 7) is 0. The van der Waals surface area contributed by atoms with Crippen LogP contribution in [0.1, 0.15) is 25.7 Å². The zero-order valence-corrected chi connectivity index (χ0v) is 12.7. The van der Waals surface area contributed by atoms with Crippen LogP contribution < -0.4 is 11.1 Å². The van der Waals surface area contributed by atoms with Gasteiger partial charge in [-0.05, 0) is 43.9 Å². The van der Waals surface area contributed by atoms with Crippen LogP contribution in [0.2, 0.25) is 0 Å². The van der Waals surface area contributed by atoms with Crippen molar-refractivity contribution in [2.75, 3.05) is 11.1 Å². The van der Waals surface area contributed by atoms with Gasteiger partial charge in [-0.15, -0.1) is 0 Å². The number of nitrogens with zero attached hydrogens (tertiary/aromatic N) is 1. The lowest BCUT2D eigenvalue weighted by Crippen LogP contribution is -2.28. The average Bonchev–Trinajstić information content (AvgIpc) is 2.44. The van der Waals surface area contributed by atoms with Gasteiger partial charge >= 0.3 is 0 Å². The van der Waals surface area contributed by atoms with E-state index in [4.69, 9.17) is 5.73 Å². The van der Waals surface area contributed by atoms with E-state index in [1.807, 2.05) is 18.2 Å². The van der Waals surface area contributed by atoms with E-state index < -0.39 is 0 Å². The van der Waals surface area contributed by atoms with E-state index in [0.29, 0.717) is 11.7 Å². The van der Waals surface area contributed by atoms with Crippen LogP contribution in [0.4, 0.5) is 11.4 Å². The largest absolute Gasteiger partial charge is 0.396 e. The molecule has 20 heavy (non-hydrogen) atoms. The van der Waals surface area contributed by atoms with E-state index in [0.717, 1.165) is 46.7 Å². The van der Waals surface area contributed by atoms with Gasteiger partial charge in [0.1, 0.15) is 0 Å². The van der Waals surface area contributed by atoms with Crippen molar-refractivity contribution < 1.29 is 5.11 Å². The molecule has 0 spiro atoms. The second-order valence-corrected chi connectivity index (χ2v) is 6.32. The highest BCUT2D eigenvalue weighted by Crippen LogP contribution is 2.32. The highest BCUT2D eigenvalue weighted by Gasteiger charge is 2.20. The van der Waals surface area contributed by atoms with Crippen molar-refractivity contribution in [3.05, 3.63) is 28.9 Å². The first kappa shape index (κ1) is 13.6. The van der Waals surface area contributed by atoms with Crippen molar-refractivity contribution in [1.82, 2.24) is 4.98 Å². The highest BCUT2D eigenvalue weighted by atomic mass is 79.9. The van der Waals surface area contributed by atoms with E-state index >= 15 is 0 Å². The third-order valence-corrected chi connectivity index (χ3v) is 4.40. The number of benzene rings is 1. The standard InChI is InChI=1S/C15H18BrN3O/c16-9-1-6-14-12(7-9)15(13(17)8-18-14)19-10-2-4-11(20)5-3-10/h1,6-8,10-11,20H,2-5,17H2,(H,18,19)/t10-,11+. The summed E-state index contributed by atoms with van der Waals surface area (Å²) in [4.78, 5) is 4.36. The van der Waals surface area contributed by atoms with Crippen LogP contribution in [-0.4, -0.2) is 22.2 Å². The smallest absolute Gasteiger partial charge is 0.0743 e. The van der Waals surface area contributed by atoms with Crippen molar-refractivity contribution in [2.24, 2.45) is 0 Å². The third-order valence-electron chi connectivity index (χ3n) is 3.90. The number of nitrogens with one attached hydrogen (secondary N) is 1. The number of rotatable bonds is 2. The number of nitrogen functional groups attached to an aromatic ring is 1. The molecule has 0 radical (unpaired) electrons. The first-order chi connectivity index (χ1) is 9.63. The molecule has 1 aliphatic carbocycles. The van der Waals surface area contributed by atoms with Gasteiger partial charge in [-0.2, -0.15) is 0 Å². The van der Waals surface area contributed by atoms with Crippen LogP contribution in [0.5, 0.6) is 0 Å². The van der Waals surface area contributed by atoms with Crippen LogP contribution in [0.3, 0.4) is 0 Å². The number of halogens is 1. The van der Waals surface area contributed by atoms with E-state index in [-0.39, 0.29) is 6.10 Å². The van der Waals surface area contributed by atoms with Gasteiger partial charge < -0.3 is 16.2 Å². The molecule has 0 unspecified atom stereocenters. The van der Waals surface area contributed by atoms with Crippen LogP contribution in [0.25, 0.3) is 10.9 Å². The molecule has 1 fully saturated rings. The summed E-state index contributed by atoms with van der Waals surface area (Å²) in [5, 5.41) is 14.2. The third kappa shape index (κ3) is 2.74. The summed E-state index contributed by atoms with van der Waals surface area (Å²) in [5.41, 5.74) is 8.65. The molecule has 1 heterocycles. The van der Waals surface area contributed by atoms with Gasteiger partial charge in [-0.25, -0.2) is 0 Å². The lowest BCUT2D eigenvalue weighted by molar-refractivity contribution is 0.126. The Kier molecular flexibility index (Phi) is 3.81. The topological polar surface area (TPSA) is 71.2 Å². The minimum absolute atomic E-state index is 0.145. The summed E-state index contributed by atoms with van der Waals surface area (Å²) in [6.07, 6.45) is 5.20. The normalized spacial score (nSPS) is 22.9. The highest BCUT2D eigenvalue weighted by molar-refractivity contribution is 9.10. The molecule has 1 aromatic carbocycles. The van der Waals surface area contributed by atoms with Gasteiger partial charge in [-0.3, -0.25) is 4.98 Å². The molecule has 3 rings (SSSR count). The van der Waals surface area contributed by atoms with Gasteiger partial charge in [0, 0.05) is 15.9 Å². The fourth-order valence-electron chi connectivity index (χ4n) is 2.77. The van der Waals surface area contributed by atoms with E-state index in [1.54, 1.807) is 6.20 Å². The van der Waals surface area contributed by atoms with Crippen molar-refractivity contribution in [3.8, 4) is 0 Å². The van der Waals surface area contributed by atoms with Gasteiger partial charge in [0.25, 0.3) is 0 Å². The molecule has 0 atom stereocenters. The van der Waals surface area contributed by atoms with Gasteiger partial charge in [0.05, 0.1) is 29.2 Å². The average molecular weight is 336 g/mol. The quantitative estimate of drug-likeness (QED) is 0.787. The van der Waals surface area contributed by atoms with Crippen LogP contribution in [0, 0.1) is 0 Å². The number of aromatic nitrogens is 1. The van der Waals surface area contributed by atoms with Crippen LogP contribution in [0.15, 0.2) is 28.9 Å². The Morgan fingerprint density at radius 2 is 2.00 bits per heavy atom. The Hall–Kier alpha value is -1.33. The van der Waals surface area contributed by atoms with Crippen LogP contribution in [-0.2, 0) is 0 Å². The van der Waals surface area contributed by atoms with Crippen molar-refractivity contribution in [1.29, 1.82) is 0 Å². The predicted molar refractivity (Wildman–Crippen MR) is 85.7 cm³/mol. The molecule has 1 aliphatic rings. The molecular weight excluding hydrogens is 318 g/mol. The first-order valence-electron chi connectivity index (χ1n) is 6.92. The second kappa shape index (κ2) is 5.58. The number of hydrogen-bond acceptors (Lipinski definition) is 4. The Balaban J connectivity index is 1.93. The molecular formula is C15H18BrN3O. The van der Waals surface area contributed by atoms with E-state index in [9.17, 15) is 5.11 Å². The number of hydrogen-bond donors (Lipinski definition) is 3. The Labute approximate surface area is 126 Å². The molecule has 0 aliphatic heterocycles.